The number of rotatable bonds is 2. The number of aliphatic carboxylic acids is 1. The molecule has 1 aromatic carbocycles. The van der Waals surface area contributed by atoms with Gasteiger partial charge in [0.1, 0.15) is 5.75 Å². The van der Waals surface area contributed by atoms with Crippen LogP contribution in [0.1, 0.15) is 23.6 Å². The first kappa shape index (κ1) is 12.7. The first-order valence-corrected chi connectivity index (χ1v) is 6.52. The number of hydrogen-bond acceptors (Lipinski definition) is 4. The summed E-state index contributed by atoms with van der Waals surface area (Å²) in [6.45, 7) is 1.15. The van der Waals surface area contributed by atoms with Crippen LogP contribution in [0.2, 0.25) is 5.02 Å². The van der Waals surface area contributed by atoms with Crippen LogP contribution in [0.25, 0.3) is 0 Å². The molecular formula is C13H14ClNO4. The summed E-state index contributed by atoms with van der Waals surface area (Å²) in [6.07, 6.45) is 0.533. The van der Waals surface area contributed by atoms with Gasteiger partial charge in [-0.1, -0.05) is 11.6 Å². The first-order chi connectivity index (χ1) is 9.16. The van der Waals surface area contributed by atoms with Crippen LogP contribution < -0.4 is 10.1 Å². The Bertz CT molecular complexity index is 520. The van der Waals surface area contributed by atoms with E-state index in [2.05, 4.69) is 5.32 Å². The van der Waals surface area contributed by atoms with Gasteiger partial charge in [-0.15, -0.1) is 0 Å². The lowest BCUT2D eigenvalue weighted by atomic mass is 9.95. The lowest BCUT2D eigenvalue weighted by molar-refractivity contribution is -0.141. The molecule has 0 aromatic heterocycles. The highest BCUT2D eigenvalue weighted by molar-refractivity contribution is 6.31. The largest absolute Gasteiger partial charge is 0.481 e. The third-order valence-electron chi connectivity index (χ3n) is 3.63. The van der Waals surface area contributed by atoms with Crippen molar-refractivity contribution in [3.8, 4) is 5.75 Å². The van der Waals surface area contributed by atoms with Crippen molar-refractivity contribution in [2.75, 3.05) is 13.3 Å². The van der Waals surface area contributed by atoms with Crippen molar-refractivity contribution in [2.45, 2.75) is 19.1 Å². The summed E-state index contributed by atoms with van der Waals surface area (Å²) in [5.74, 6) is -0.378. The molecule has 1 fully saturated rings. The summed E-state index contributed by atoms with van der Waals surface area (Å²) in [4.78, 5) is 11.0. The van der Waals surface area contributed by atoms with Crippen LogP contribution in [0.5, 0.6) is 5.75 Å². The summed E-state index contributed by atoms with van der Waals surface area (Å²) in [6, 6.07) is 3.55. The molecule has 0 aliphatic carbocycles. The molecule has 0 bridgehead atoms. The number of carboxylic acids is 1. The third-order valence-corrected chi connectivity index (χ3v) is 3.96. The maximum absolute atomic E-state index is 11.0. The molecule has 0 saturated carbocycles. The summed E-state index contributed by atoms with van der Waals surface area (Å²) >= 11 is 6.27. The van der Waals surface area contributed by atoms with Crippen LogP contribution in [-0.4, -0.2) is 24.4 Å². The number of benzene rings is 1. The highest BCUT2D eigenvalue weighted by atomic mass is 35.5. The van der Waals surface area contributed by atoms with Gasteiger partial charge in [0.2, 0.25) is 0 Å². The van der Waals surface area contributed by atoms with E-state index < -0.39 is 5.97 Å². The molecule has 0 amide bonds. The molecule has 102 valence electrons. The molecule has 2 aliphatic rings. The van der Waals surface area contributed by atoms with Crippen LogP contribution in [0.3, 0.4) is 0 Å². The molecule has 0 radical (unpaired) electrons. The zero-order chi connectivity index (χ0) is 13.4. The minimum Gasteiger partial charge on any atom is -0.481 e. The van der Waals surface area contributed by atoms with Crippen molar-refractivity contribution in [1.29, 1.82) is 0 Å². The van der Waals surface area contributed by atoms with Gasteiger partial charge in [-0.05, 0) is 24.1 Å². The van der Waals surface area contributed by atoms with Crippen molar-refractivity contribution >= 4 is 17.6 Å². The van der Waals surface area contributed by atoms with E-state index in [0.29, 0.717) is 24.6 Å². The Morgan fingerprint density at radius 2 is 2.32 bits per heavy atom. The van der Waals surface area contributed by atoms with Crippen molar-refractivity contribution in [3.05, 3.63) is 28.3 Å². The molecule has 6 heteroatoms. The lowest BCUT2D eigenvalue weighted by Gasteiger charge is -2.24. The number of ether oxygens (including phenoxy) is 2. The fourth-order valence-corrected chi connectivity index (χ4v) is 2.98. The molecule has 5 nitrogen and oxygen atoms in total. The van der Waals surface area contributed by atoms with Crippen LogP contribution in [0.4, 0.5) is 0 Å². The van der Waals surface area contributed by atoms with Crippen LogP contribution in [0.15, 0.2) is 12.1 Å². The molecule has 2 atom stereocenters. The number of carbonyl (C=O) groups is 1. The first-order valence-electron chi connectivity index (χ1n) is 6.15. The minimum absolute atomic E-state index is 0.0613. The van der Waals surface area contributed by atoms with Crippen molar-refractivity contribution in [1.82, 2.24) is 5.32 Å². The van der Waals surface area contributed by atoms with Gasteiger partial charge < -0.3 is 19.9 Å². The van der Waals surface area contributed by atoms with Crippen LogP contribution in [0, 0.1) is 5.92 Å². The summed E-state index contributed by atoms with van der Waals surface area (Å²) in [7, 11) is 0. The number of halogens is 1. The highest BCUT2D eigenvalue weighted by Gasteiger charge is 2.33. The lowest BCUT2D eigenvalue weighted by Crippen LogP contribution is -2.20. The maximum Gasteiger partial charge on any atom is 0.307 e. The van der Waals surface area contributed by atoms with E-state index in [1.165, 1.54) is 0 Å². The van der Waals surface area contributed by atoms with Gasteiger partial charge >= 0.3 is 5.97 Å². The Morgan fingerprint density at radius 1 is 1.47 bits per heavy atom. The topological polar surface area (TPSA) is 67.8 Å². The Morgan fingerprint density at radius 3 is 3.05 bits per heavy atom. The average molecular weight is 284 g/mol. The zero-order valence-corrected chi connectivity index (χ0v) is 10.9. The van der Waals surface area contributed by atoms with Crippen molar-refractivity contribution in [3.63, 3.8) is 0 Å². The number of nitrogens with one attached hydrogen (secondary N) is 1. The maximum atomic E-state index is 11.0. The van der Waals surface area contributed by atoms with E-state index in [1.807, 2.05) is 6.07 Å². The van der Waals surface area contributed by atoms with Gasteiger partial charge in [0.05, 0.1) is 12.5 Å². The molecule has 1 saturated heterocycles. The predicted molar refractivity (Wildman–Crippen MR) is 68.2 cm³/mol. The number of carboxylic acid groups (broad SMARTS) is 1. The zero-order valence-electron chi connectivity index (χ0n) is 10.2. The Balaban J connectivity index is 1.94. The standard InChI is InChI=1S/C13H14ClNO4/c14-9-1-2-11-8(5-18-6-19-11)12(9)10-3-7(4-15-10)13(16)17/h1-2,7,10,15H,3-6H2,(H,16,17). The predicted octanol–water partition coefficient (Wildman–Crippen LogP) is 1.94. The molecule has 2 heterocycles. The van der Waals surface area contributed by atoms with E-state index in [0.717, 1.165) is 16.9 Å². The Hall–Kier alpha value is -1.30. The summed E-state index contributed by atoms with van der Waals surface area (Å²) in [5, 5.41) is 12.9. The van der Waals surface area contributed by atoms with Gasteiger partial charge in [-0.25, -0.2) is 0 Å². The SMILES string of the molecule is O=C(O)C1CNC(c2c(Cl)ccc3c2COCO3)C1. The molecule has 1 aromatic rings. The van der Waals surface area contributed by atoms with E-state index in [4.69, 9.17) is 26.2 Å². The highest BCUT2D eigenvalue weighted by Crippen LogP contribution is 2.39. The van der Waals surface area contributed by atoms with E-state index in [1.54, 1.807) is 6.07 Å². The fourth-order valence-electron chi connectivity index (χ4n) is 2.67. The average Bonchev–Trinajstić information content (AvgIpc) is 2.88. The quantitative estimate of drug-likeness (QED) is 0.868. The van der Waals surface area contributed by atoms with Crippen molar-refractivity contribution in [2.24, 2.45) is 5.92 Å². The van der Waals surface area contributed by atoms with Gasteiger partial charge in [-0.3, -0.25) is 4.79 Å². The molecule has 19 heavy (non-hydrogen) atoms. The number of fused-ring (bicyclic) bond motifs is 1. The second-order valence-corrected chi connectivity index (χ2v) is 5.19. The van der Waals surface area contributed by atoms with Gasteiger partial charge in [0.25, 0.3) is 0 Å². The molecule has 2 unspecified atom stereocenters. The fraction of sp³-hybridized carbons (Fsp3) is 0.462. The third kappa shape index (κ3) is 2.29. The molecule has 3 rings (SSSR count). The van der Waals surface area contributed by atoms with E-state index in [-0.39, 0.29) is 18.8 Å². The summed E-state index contributed by atoms with van der Waals surface area (Å²) in [5.41, 5.74) is 1.82. The van der Waals surface area contributed by atoms with Crippen LogP contribution >= 0.6 is 11.6 Å². The Kier molecular flexibility index (Phi) is 3.35. The molecule has 2 N–H and O–H groups in total. The molecular weight excluding hydrogens is 270 g/mol. The minimum atomic E-state index is -0.775. The van der Waals surface area contributed by atoms with E-state index in [9.17, 15) is 4.79 Å². The number of hydrogen-bond donors (Lipinski definition) is 2. The summed E-state index contributed by atoms with van der Waals surface area (Å²) < 4.78 is 10.7. The molecule has 0 spiro atoms. The van der Waals surface area contributed by atoms with Gasteiger partial charge in [-0.2, -0.15) is 0 Å². The smallest absolute Gasteiger partial charge is 0.307 e. The second kappa shape index (κ2) is 5.00. The second-order valence-electron chi connectivity index (χ2n) is 4.78. The van der Waals surface area contributed by atoms with Gasteiger partial charge in [0.15, 0.2) is 6.79 Å². The van der Waals surface area contributed by atoms with E-state index >= 15 is 0 Å². The Labute approximate surface area is 115 Å². The normalized spacial score (nSPS) is 25.7. The monoisotopic (exact) mass is 283 g/mol. The van der Waals surface area contributed by atoms with Gasteiger partial charge in [0, 0.05) is 23.2 Å². The van der Waals surface area contributed by atoms with Crippen molar-refractivity contribution < 1.29 is 19.4 Å². The van der Waals surface area contributed by atoms with Crippen LogP contribution in [-0.2, 0) is 16.1 Å². The molecule has 2 aliphatic heterocycles.